The van der Waals surface area contributed by atoms with Gasteiger partial charge in [-0.2, -0.15) is 5.10 Å². The second-order valence-electron chi connectivity index (χ2n) is 2.72. The van der Waals surface area contributed by atoms with Crippen molar-refractivity contribution in [3.63, 3.8) is 0 Å². The van der Waals surface area contributed by atoms with Gasteiger partial charge in [0, 0.05) is 11.4 Å². The standard InChI is InChI=1S/C7H8N2O2S/c10-7(11)6-1-4-2-8-9-5(4)3-12-6/h2,6H,1,3H2,(H,8,9)(H,10,11). The SMILES string of the molecule is O=C(O)C1Cc2cn[nH]c2CS1. The van der Waals surface area contributed by atoms with E-state index in [2.05, 4.69) is 10.2 Å². The molecule has 2 rings (SSSR count). The fourth-order valence-corrected chi connectivity index (χ4v) is 2.30. The lowest BCUT2D eigenvalue weighted by Gasteiger charge is -2.16. The lowest BCUT2D eigenvalue weighted by Crippen LogP contribution is -2.22. The number of H-pyrrole nitrogens is 1. The Labute approximate surface area is 73.4 Å². The third kappa shape index (κ3) is 1.20. The summed E-state index contributed by atoms with van der Waals surface area (Å²) in [4.78, 5) is 10.6. The van der Waals surface area contributed by atoms with Crippen molar-refractivity contribution in [3.05, 3.63) is 17.5 Å². The summed E-state index contributed by atoms with van der Waals surface area (Å²) in [5, 5.41) is 15.2. The molecule has 1 aromatic rings. The van der Waals surface area contributed by atoms with Gasteiger partial charge in [0.1, 0.15) is 5.25 Å². The largest absolute Gasteiger partial charge is 0.480 e. The summed E-state index contributed by atoms with van der Waals surface area (Å²) < 4.78 is 0. The quantitative estimate of drug-likeness (QED) is 0.672. The van der Waals surface area contributed by atoms with Gasteiger partial charge in [-0.25, -0.2) is 0 Å². The van der Waals surface area contributed by atoms with Gasteiger partial charge >= 0.3 is 5.97 Å². The second-order valence-corrected chi connectivity index (χ2v) is 3.91. The highest BCUT2D eigenvalue weighted by Crippen LogP contribution is 2.28. The van der Waals surface area contributed by atoms with E-state index in [9.17, 15) is 4.79 Å². The van der Waals surface area contributed by atoms with Crippen molar-refractivity contribution < 1.29 is 9.90 Å². The predicted molar refractivity (Wildman–Crippen MR) is 45.0 cm³/mol. The smallest absolute Gasteiger partial charge is 0.316 e. The maximum Gasteiger partial charge on any atom is 0.316 e. The van der Waals surface area contributed by atoms with E-state index >= 15 is 0 Å². The van der Waals surface area contributed by atoms with Crippen LogP contribution in [-0.2, 0) is 17.0 Å². The van der Waals surface area contributed by atoms with Crippen LogP contribution in [0.3, 0.4) is 0 Å². The molecule has 1 unspecified atom stereocenters. The molecule has 12 heavy (non-hydrogen) atoms. The van der Waals surface area contributed by atoms with Crippen molar-refractivity contribution in [1.82, 2.24) is 10.2 Å². The van der Waals surface area contributed by atoms with Crippen LogP contribution < -0.4 is 0 Å². The van der Waals surface area contributed by atoms with E-state index in [1.165, 1.54) is 11.8 Å². The summed E-state index contributed by atoms with van der Waals surface area (Å²) in [5.74, 6) is -0.00130. The second kappa shape index (κ2) is 2.82. The third-order valence-electron chi connectivity index (χ3n) is 1.92. The van der Waals surface area contributed by atoms with E-state index in [1.54, 1.807) is 6.20 Å². The fraction of sp³-hybridized carbons (Fsp3) is 0.429. The molecular weight excluding hydrogens is 176 g/mol. The Hall–Kier alpha value is -0.970. The molecule has 0 spiro atoms. The monoisotopic (exact) mass is 184 g/mol. The van der Waals surface area contributed by atoms with E-state index in [0.717, 1.165) is 17.0 Å². The number of carbonyl (C=O) groups is 1. The Morgan fingerprint density at radius 3 is 3.42 bits per heavy atom. The Morgan fingerprint density at radius 2 is 2.67 bits per heavy atom. The lowest BCUT2D eigenvalue weighted by atomic mass is 10.1. The molecule has 0 saturated heterocycles. The number of aromatic amines is 1. The average Bonchev–Trinajstić information content (AvgIpc) is 2.49. The molecule has 1 atom stereocenters. The highest BCUT2D eigenvalue weighted by molar-refractivity contribution is 7.99. The molecule has 1 aliphatic rings. The van der Waals surface area contributed by atoms with E-state index in [-0.39, 0.29) is 5.25 Å². The van der Waals surface area contributed by atoms with Crippen molar-refractivity contribution in [1.29, 1.82) is 0 Å². The molecule has 64 valence electrons. The molecule has 1 aromatic heterocycles. The minimum Gasteiger partial charge on any atom is -0.480 e. The van der Waals surface area contributed by atoms with E-state index in [1.807, 2.05) is 0 Å². The third-order valence-corrected chi connectivity index (χ3v) is 3.14. The van der Waals surface area contributed by atoms with Gasteiger partial charge in [-0.15, -0.1) is 11.8 Å². The van der Waals surface area contributed by atoms with Crippen LogP contribution in [0.4, 0.5) is 0 Å². The maximum absolute atomic E-state index is 10.6. The first kappa shape index (κ1) is 7.67. The number of nitrogens with zero attached hydrogens (tertiary/aromatic N) is 1. The zero-order valence-corrected chi connectivity index (χ0v) is 7.10. The van der Waals surface area contributed by atoms with Crippen LogP contribution in [0, 0.1) is 0 Å². The van der Waals surface area contributed by atoms with Crippen LogP contribution >= 0.6 is 11.8 Å². The summed E-state index contributed by atoms with van der Waals surface area (Å²) >= 11 is 1.45. The number of rotatable bonds is 1. The van der Waals surface area contributed by atoms with Crippen molar-refractivity contribution in [2.75, 3.05) is 0 Å². The van der Waals surface area contributed by atoms with Crippen LogP contribution in [0.25, 0.3) is 0 Å². The number of nitrogens with one attached hydrogen (secondary N) is 1. The molecule has 4 nitrogen and oxygen atoms in total. The van der Waals surface area contributed by atoms with Gasteiger partial charge in [0.05, 0.1) is 6.20 Å². The summed E-state index contributed by atoms with van der Waals surface area (Å²) in [6.07, 6.45) is 2.30. The first-order valence-corrected chi connectivity index (χ1v) is 4.68. The van der Waals surface area contributed by atoms with Gasteiger partial charge in [0.15, 0.2) is 0 Å². The molecule has 1 aliphatic heterocycles. The average molecular weight is 184 g/mol. The molecule has 0 saturated carbocycles. The Bertz CT molecular complexity index is 310. The highest BCUT2D eigenvalue weighted by atomic mass is 32.2. The number of carboxylic acid groups (broad SMARTS) is 1. The molecular formula is C7H8N2O2S. The van der Waals surface area contributed by atoms with E-state index in [4.69, 9.17) is 5.11 Å². The fourth-order valence-electron chi connectivity index (χ4n) is 1.24. The normalized spacial score (nSPS) is 21.8. The number of fused-ring (bicyclic) bond motifs is 1. The maximum atomic E-state index is 10.6. The molecule has 2 N–H and O–H groups in total. The van der Waals surface area contributed by atoms with Gasteiger partial charge in [-0.1, -0.05) is 0 Å². The first-order chi connectivity index (χ1) is 5.77. The molecule has 0 bridgehead atoms. The van der Waals surface area contributed by atoms with E-state index in [0.29, 0.717) is 6.42 Å². The van der Waals surface area contributed by atoms with Crippen LogP contribution in [0.5, 0.6) is 0 Å². The molecule has 5 heteroatoms. The molecule has 0 amide bonds. The summed E-state index contributed by atoms with van der Waals surface area (Å²) in [5.41, 5.74) is 2.11. The molecule has 0 aliphatic carbocycles. The Kier molecular flexibility index (Phi) is 1.80. The topological polar surface area (TPSA) is 66.0 Å². The number of aliphatic carboxylic acids is 1. The summed E-state index contributed by atoms with van der Waals surface area (Å²) in [6.45, 7) is 0. The molecule has 0 fully saturated rings. The Morgan fingerprint density at radius 1 is 1.83 bits per heavy atom. The van der Waals surface area contributed by atoms with Crippen molar-refractivity contribution in [2.45, 2.75) is 17.4 Å². The van der Waals surface area contributed by atoms with Gasteiger partial charge in [-0.3, -0.25) is 9.89 Å². The number of carboxylic acids is 1. The van der Waals surface area contributed by atoms with Gasteiger partial charge in [0.2, 0.25) is 0 Å². The van der Waals surface area contributed by atoms with Crippen LogP contribution in [0.1, 0.15) is 11.3 Å². The summed E-state index contributed by atoms with van der Waals surface area (Å²) in [6, 6.07) is 0. The lowest BCUT2D eigenvalue weighted by molar-refractivity contribution is -0.136. The van der Waals surface area contributed by atoms with E-state index < -0.39 is 5.97 Å². The number of thioether (sulfide) groups is 1. The highest BCUT2D eigenvalue weighted by Gasteiger charge is 2.25. The Balaban J connectivity index is 2.20. The van der Waals surface area contributed by atoms with Gasteiger partial charge in [0.25, 0.3) is 0 Å². The number of aromatic nitrogens is 2. The molecule has 2 heterocycles. The summed E-state index contributed by atoms with van der Waals surface area (Å²) in [7, 11) is 0. The van der Waals surface area contributed by atoms with Crippen molar-refractivity contribution in [2.24, 2.45) is 0 Å². The number of hydrogen-bond donors (Lipinski definition) is 2. The predicted octanol–water partition coefficient (Wildman–Crippen LogP) is 0.652. The molecule has 0 radical (unpaired) electrons. The minimum atomic E-state index is -0.730. The minimum absolute atomic E-state index is 0.296. The van der Waals surface area contributed by atoms with Crippen LogP contribution in [0.15, 0.2) is 6.20 Å². The van der Waals surface area contributed by atoms with Crippen LogP contribution in [-0.4, -0.2) is 26.5 Å². The first-order valence-electron chi connectivity index (χ1n) is 3.63. The number of hydrogen-bond acceptors (Lipinski definition) is 3. The van der Waals surface area contributed by atoms with Gasteiger partial charge < -0.3 is 5.11 Å². The zero-order valence-electron chi connectivity index (χ0n) is 6.28. The van der Waals surface area contributed by atoms with Crippen molar-refractivity contribution in [3.8, 4) is 0 Å². The molecule has 0 aromatic carbocycles. The van der Waals surface area contributed by atoms with Crippen molar-refractivity contribution >= 4 is 17.7 Å². The van der Waals surface area contributed by atoms with Gasteiger partial charge in [-0.05, 0) is 12.0 Å². The zero-order chi connectivity index (χ0) is 8.55. The van der Waals surface area contributed by atoms with Crippen LogP contribution in [0.2, 0.25) is 0 Å².